The molecule has 0 aliphatic heterocycles. The van der Waals surface area contributed by atoms with Gasteiger partial charge in [0.15, 0.2) is 0 Å². The van der Waals surface area contributed by atoms with Gasteiger partial charge in [0, 0.05) is 11.7 Å². The highest BCUT2D eigenvalue weighted by Gasteiger charge is 2.23. The fourth-order valence-electron chi connectivity index (χ4n) is 2.09. The van der Waals surface area contributed by atoms with Crippen LogP contribution in [0.1, 0.15) is 49.0 Å². The maximum atomic E-state index is 12.4. The van der Waals surface area contributed by atoms with Crippen LogP contribution in [-0.4, -0.2) is 17.5 Å². The van der Waals surface area contributed by atoms with Crippen LogP contribution in [0.2, 0.25) is 0 Å². The van der Waals surface area contributed by atoms with E-state index in [9.17, 15) is 4.79 Å². The van der Waals surface area contributed by atoms with Crippen molar-refractivity contribution >= 4 is 11.6 Å². The van der Waals surface area contributed by atoms with Crippen molar-refractivity contribution in [3.05, 3.63) is 29.3 Å². The average Bonchev–Trinajstić information content (AvgIpc) is 2.42. The molecule has 2 rings (SSSR count). The van der Waals surface area contributed by atoms with Crippen molar-refractivity contribution in [2.75, 3.05) is 5.32 Å². The number of nitrogens with zero attached hydrogens (tertiary/aromatic N) is 1. The number of terminal acetylenes is 1. The van der Waals surface area contributed by atoms with Crippen molar-refractivity contribution in [1.29, 1.82) is 5.26 Å². The fourth-order valence-corrected chi connectivity index (χ4v) is 2.09. The van der Waals surface area contributed by atoms with Crippen molar-refractivity contribution in [3.8, 4) is 18.4 Å². The van der Waals surface area contributed by atoms with Gasteiger partial charge in [0.05, 0.1) is 22.7 Å². The first-order chi connectivity index (χ1) is 9.95. The summed E-state index contributed by atoms with van der Waals surface area (Å²) in [5.41, 5.74) is 1.04. The maximum absolute atomic E-state index is 12.4. The van der Waals surface area contributed by atoms with Crippen molar-refractivity contribution in [3.63, 3.8) is 0 Å². The topological polar surface area (TPSA) is 64.9 Å². The molecule has 4 nitrogen and oxygen atoms in total. The summed E-state index contributed by atoms with van der Waals surface area (Å²) in [5, 5.41) is 15.2. The van der Waals surface area contributed by atoms with Gasteiger partial charge in [-0.3, -0.25) is 4.79 Å². The van der Waals surface area contributed by atoms with Gasteiger partial charge in [-0.1, -0.05) is 5.92 Å². The Morgan fingerprint density at radius 1 is 1.43 bits per heavy atom. The minimum atomic E-state index is -0.710. The first-order valence-corrected chi connectivity index (χ1v) is 7.06. The summed E-state index contributed by atoms with van der Waals surface area (Å²) >= 11 is 0. The lowest BCUT2D eigenvalue weighted by molar-refractivity contribution is 0.0930. The van der Waals surface area contributed by atoms with Gasteiger partial charge in [0.1, 0.15) is 0 Å². The van der Waals surface area contributed by atoms with E-state index < -0.39 is 5.54 Å². The summed E-state index contributed by atoms with van der Waals surface area (Å²) in [6.07, 6.45) is 8.78. The van der Waals surface area contributed by atoms with Crippen LogP contribution in [0.4, 0.5) is 5.69 Å². The standard InChI is InChI=1S/C17H19N3O/c1-4-17(2,3)20-16(21)14-9-8-12(11-18)10-15(14)19-13-6-5-7-13/h1,8-10,13,19H,5-7H2,2-3H3,(H,20,21). The molecule has 0 bridgehead atoms. The van der Waals surface area contributed by atoms with Crippen LogP contribution in [0.5, 0.6) is 0 Å². The Labute approximate surface area is 125 Å². The number of hydrogen-bond donors (Lipinski definition) is 2. The minimum Gasteiger partial charge on any atom is -0.382 e. The molecule has 0 spiro atoms. The number of benzene rings is 1. The summed E-state index contributed by atoms with van der Waals surface area (Å²) in [6, 6.07) is 7.51. The smallest absolute Gasteiger partial charge is 0.254 e. The number of rotatable bonds is 4. The lowest BCUT2D eigenvalue weighted by atomic mass is 9.92. The average molecular weight is 281 g/mol. The number of nitrogens with one attached hydrogen (secondary N) is 2. The number of anilines is 1. The van der Waals surface area contributed by atoms with E-state index >= 15 is 0 Å². The van der Waals surface area contributed by atoms with Gasteiger partial charge in [0.2, 0.25) is 0 Å². The molecular formula is C17H19N3O. The summed E-state index contributed by atoms with van der Waals surface area (Å²) in [4.78, 5) is 12.4. The second-order valence-corrected chi connectivity index (χ2v) is 5.87. The monoisotopic (exact) mass is 281 g/mol. The van der Waals surface area contributed by atoms with Gasteiger partial charge in [-0.2, -0.15) is 5.26 Å². The van der Waals surface area contributed by atoms with E-state index in [1.807, 2.05) is 0 Å². The zero-order chi connectivity index (χ0) is 15.5. The van der Waals surface area contributed by atoms with Gasteiger partial charge in [-0.05, 0) is 51.3 Å². The lowest BCUT2D eigenvalue weighted by Crippen LogP contribution is -2.42. The Morgan fingerprint density at radius 3 is 2.67 bits per heavy atom. The first kappa shape index (κ1) is 14.9. The zero-order valence-electron chi connectivity index (χ0n) is 12.4. The molecule has 4 heteroatoms. The molecule has 1 saturated carbocycles. The molecular weight excluding hydrogens is 262 g/mol. The molecule has 108 valence electrons. The molecule has 0 aromatic heterocycles. The number of hydrogen-bond acceptors (Lipinski definition) is 3. The summed E-state index contributed by atoms with van der Waals surface area (Å²) in [7, 11) is 0. The van der Waals surface area contributed by atoms with E-state index in [-0.39, 0.29) is 5.91 Å². The molecule has 1 aromatic rings. The Morgan fingerprint density at radius 2 is 2.14 bits per heavy atom. The lowest BCUT2D eigenvalue weighted by Gasteiger charge is -2.29. The predicted molar refractivity (Wildman–Crippen MR) is 82.8 cm³/mol. The minimum absolute atomic E-state index is 0.232. The molecule has 21 heavy (non-hydrogen) atoms. The molecule has 0 unspecified atom stereocenters. The number of nitriles is 1. The van der Waals surface area contributed by atoms with Crippen LogP contribution in [0, 0.1) is 23.7 Å². The van der Waals surface area contributed by atoms with Crippen LogP contribution in [0.25, 0.3) is 0 Å². The van der Waals surface area contributed by atoms with Gasteiger partial charge in [-0.15, -0.1) is 6.42 Å². The molecule has 1 fully saturated rings. The van der Waals surface area contributed by atoms with E-state index in [1.54, 1.807) is 32.0 Å². The van der Waals surface area contributed by atoms with Gasteiger partial charge in [0.25, 0.3) is 5.91 Å². The molecule has 0 atom stereocenters. The van der Waals surface area contributed by atoms with Gasteiger partial charge >= 0.3 is 0 Å². The zero-order valence-corrected chi connectivity index (χ0v) is 12.4. The Kier molecular flexibility index (Phi) is 4.19. The number of carbonyl (C=O) groups is 1. The van der Waals surface area contributed by atoms with Crippen molar-refractivity contribution in [2.45, 2.75) is 44.7 Å². The molecule has 1 amide bonds. The van der Waals surface area contributed by atoms with Crippen LogP contribution >= 0.6 is 0 Å². The number of carbonyl (C=O) groups excluding carboxylic acids is 1. The van der Waals surface area contributed by atoms with Gasteiger partial charge in [-0.25, -0.2) is 0 Å². The molecule has 0 saturated heterocycles. The highest BCUT2D eigenvalue weighted by atomic mass is 16.1. The third-order valence-corrected chi connectivity index (χ3v) is 3.64. The van der Waals surface area contributed by atoms with Crippen LogP contribution in [-0.2, 0) is 0 Å². The van der Waals surface area contributed by atoms with Crippen molar-refractivity contribution in [1.82, 2.24) is 5.32 Å². The van der Waals surface area contributed by atoms with Gasteiger partial charge < -0.3 is 10.6 Å². The molecule has 1 aromatic carbocycles. The van der Waals surface area contributed by atoms with Crippen molar-refractivity contribution < 1.29 is 4.79 Å². The summed E-state index contributed by atoms with van der Waals surface area (Å²) < 4.78 is 0. The van der Waals surface area contributed by atoms with E-state index in [0.717, 1.165) is 12.8 Å². The fraction of sp³-hybridized carbons (Fsp3) is 0.412. The third kappa shape index (κ3) is 3.55. The second kappa shape index (κ2) is 5.89. The summed E-state index contributed by atoms with van der Waals surface area (Å²) in [5.74, 6) is 2.31. The van der Waals surface area contributed by atoms with E-state index in [1.165, 1.54) is 6.42 Å². The van der Waals surface area contributed by atoms with E-state index in [0.29, 0.717) is 22.9 Å². The molecule has 2 N–H and O–H groups in total. The second-order valence-electron chi connectivity index (χ2n) is 5.87. The maximum Gasteiger partial charge on any atom is 0.254 e. The molecule has 1 aliphatic rings. The predicted octanol–water partition coefficient (Wildman–Crippen LogP) is 2.66. The quantitative estimate of drug-likeness (QED) is 0.834. The Bertz CT molecular complexity index is 630. The highest BCUT2D eigenvalue weighted by Crippen LogP contribution is 2.26. The Balaban J connectivity index is 2.27. The normalized spacial score (nSPS) is 14.5. The molecule has 0 radical (unpaired) electrons. The van der Waals surface area contributed by atoms with E-state index in [4.69, 9.17) is 11.7 Å². The highest BCUT2D eigenvalue weighted by molar-refractivity contribution is 6.00. The Hall–Kier alpha value is -2.46. The molecule has 0 heterocycles. The summed E-state index contributed by atoms with van der Waals surface area (Å²) in [6.45, 7) is 3.54. The van der Waals surface area contributed by atoms with Crippen LogP contribution in [0.15, 0.2) is 18.2 Å². The third-order valence-electron chi connectivity index (χ3n) is 3.64. The van der Waals surface area contributed by atoms with Crippen LogP contribution < -0.4 is 10.6 Å². The van der Waals surface area contributed by atoms with Crippen LogP contribution in [0.3, 0.4) is 0 Å². The first-order valence-electron chi connectivity index (χ1n) is 7.06. The number of amides is 1. The molecule has 1 aliphatic carbocycles. The largest absolute Gasteiger partial charge is 0.382 e. The SMILES string of the molecule is C#CC(C)(C)NC(=O)c1ccc(C#N)cc1NC1CCC1. The van der Waals surface area contributed by atoms with Crippen molar-refractivity contribution in [2.24, 2.45) is 0 Å². The van der Waals surface area contributed by atoms with E-state index in [2.05, 4.69) is 22.6 Å².